The van der Waals surface area contributed by atoms with Gasteiger partial charge in [-0.15, -0.1) is 0 Å². The fraction of sp³-hybridized carbons (Fsp3) is 0.929. The van der Waals surface area contributed by atoms with E-state index in [9.17, 15) is 9.59 Å². The van der Waals surface area contributed by atoms with E-state index in [-0.39, 0.29) is 23.3 Å². The maximum atomic E-state index is 12.3. The summed E-state index contributed by atoms with van der Waals surface area (Å²) in [5.41, 5.74) is -1.47. The predicted octanol–water partition coefficient (Wildman–Crippen LogP) is 5.89. The molecule has 4 N–H and O–H groups in total. The first-order chi connectivity index (χ1) is 16.7. The molecule has 0 aliphatic rings. The molecule has 0 rings (SSSR count). The Balaban J connectivity index is 4.21. The van der Waals surface area contributed by atoms with Crippen LogP contribution in [0.2, 0.25) is 0 Å². The fourth-order valence-electron chi connectivity index (χ4n) is 4.13. The molecular weight excluding hydrogens is 456 g/mol. The molecule has 0 aromatic rings. The highest BCUT2D eigenvalue weighted by Gasteiger charge is 2.31. The molecule has 0 aromatic heterocycles. The maximum Gasteiger partial charge on any atom is 0.408 e. The van der Waals surface area contributed by atoms with Gasteiger partial charge in [-0.2, -0.15) is 0 Å². The largest absolute Gasteiger partial charge is 0.444 e. The van der Waals surface area contributed by atoms with Gasteiger partial charge < -0.3 is 30.7 Å². The van der Waals surface area contributed by atoms with Crippen molar-refractivity contribution in [3.63, 3.8) is 0 Å². The summed E-state index contributed by atoms with van der Waals surface area (Å²) in [6, 6.07) is 0. The third-order valence-corrected chi connectivity index (χ3v) is 6.76. The van der Waals surface area contributed by atoms with Crippen LogP contribution >= 0.6 is 0 Å². The SMILES string of the molecule is CCC(CC)(CCNCCCCNCCC(CC)(CC)NC(=O)OC(C)(C)C)NC(=O)OC(C)(C)C. The van der Waals surface area contributed by atoms with Crippen molar-refractivity contribution < 1.29 is 19.1 Å². The van der Waals surface area contributed by atoms with Crippen LogP contribution in [0.1, 0.15) is 121 Å². The summed E-state index contributed by atoms with van der Waals surface area (Å²) < 4.78 is 10.9. The second-order valence-corrected chi connectivity index (χ2v) is 11.9. The summed E-state index contributed by atoms with van der Waals surface area (Å²) in [5.74, 6) is 0. The summed E-state index contributed by atoms with van der Waals surface area (Å²) in [7, 11) is 0. The van der Waals surface area contributed by atoms with Gasteiger partial charge in [-0.1, -0.05) is 27.7 Å². The Morgan fingerprint density at radius 2 is 0.861 bits per heavy atom. The summed E-state index contributed by atoms with van der Waals surface area (Å²) >= 11 is 0. The third-order valence-electron chi connectivity index (χ3n) is 6.76. The Kier molecular flexibility index (Phi) is 15.6. The molecule has 0 atom stereocenters. The lowest BCUT2D eigenvalue weighted by Gasteiger charge is -2.34. The van der Waals surface area contributed by atoms with Gasteiger partial charge in [-0.3, -0.25) is 0 Å². The second kappa shape index (κ2) is 16.3. The number of unbranched alkanes of at least 4 members (excludes halogenated alkanes) is 1. The van der Waals surface area contributed by atoms with E-state index in [4.69, 9.17) is 9.47 Å². The Bertz CT molecular complexity index is 564. The van der Waals surface area contributed by atoms with Crippen LogP contribution in [0, 0.1) is 0 Å². The Labute approximate surface area is 221 Å². The molecular formula is C28H58N4O4. The van der Waals surface area contributed by atoms with Crippen LogP contribution in [0.15, 0.2) is 0 Å². The van der Waals surface area contributed by atoms with Crippen LogP contribution in [0.25, 0.3) is 0 Å². The van der Waals surface area contributed by atoms with E-state index in [0.29, 0.717) is 0 Å². The zero-order chi connectivity index (χ0) is 27.9. The first-order valence-corrected chi connectivity index (χ1v) is 14.1. The molecule has 0 aliphatic carbocycles. The molecule has 0 unspecified atom stereocenters. The molecule has 0 radical (unpaired) electrons. The van der Waals surface area contributed by atoms with Gasteiger partial charge >= 0.3 is 12.2 Å². The minimum absolute atomic E-state index is 0.241. The second-order valence-electron chi connectivity index (χ2n) is 11.9. The first kappa shape index (κ1) is 34.5. The highest BCUT2D eigenvalue weighted by Crippen LogP contribution is 2.21. The van der Waals surface area contributed by atoms with Crippen LogP contribution in [-0.4, -0.2) is 60.6 Å². The van der Waals surface area contributed by atoms with Gasteiger partial charge in [-0.25, -0.2) is 9.59 Å². The molecule has 0 spiro atoms. The van der Waals surface area contributed by atoms with Gasteiger partial charge in [0.15, 0.2) is 0 Å². The van der Waals surface area contributed by atoms with E-state index >= 15 is 0 Å². The van der Waals surface area contributed by atoms with E-state index < -0.39 is 11.2 Å². The summed E-state index contributed by atoms with van der Waals surface area (Å²) in [5, 5.41) is 13.3. The number of nitrogens with one attached hydrogen (secondary N) is 4. The van der Waals surface area contributed by atoms with Crippen molar-refractivity contribution >= 4 is 12.2 Å². The molecule has 0 aliphatic heterocycles. The van der Waals surface area contributed by atoms with Gasteiger partial charge in [0.2, 0.25) is 0 Å². The van der Waals surface area contributed by atoms with E-state index in [1.54, 1.807) is 0 Å². The van der Waals surface area contributed by atoms with Crippen molar-refractivity contribution in [2.75, 3.05) is 26.2 Å². The average Bonchev–Trinajstić information content (AvgIpc) is 2.76. The van der Waals surface area contributed by atoms with Crippen molar-refractivity contribution in [1.82, 2.24) is 21.3 Å². The summed E-state index contributed by atoms with van der Waals surface area (Å²) in [6.45, 7) is 23.4. The summed E-state index contributed by atoms with van der Waals surface area (Å²) in [4.78, 5) is 24.5. The molecule has 8 heteroatoms. The standard InChI is InChI=1S/C28H58N4O4/c1-11-27(12-2,31-23(33)35-25(5,6)7)17-21-29-19-15-16-20-30-22-18-28(13-3,14-4)32-24(34)36-26(8,9)10/h29-30H,11-22H2,1-10H3,(H,31,33)(H,32,34). The predicted molar refractivity (Wildman–Crippen MR) is 150 cm³/mol. The minimum atomic E-state index is -0.493. The van der Waals surface area contributed by atoms with Crippen molar-refractivity contribution in [1.29, 1.82) is 0 Å². The number of carbonyl (C=O) groups excluding carboxylic acids is 2. The van der Waals surface area contributed by atoms with E-state index in [1.807, 2.05) is 41.5 Å². The molecule has 2 amide bonds. The van der Waals surface area contributed by atoms with Gasteiger partial charge in [0.05, 0.1) is 0 Å². The number of amides is 2. The molecule has 8 nitrogen and oxygen atoms in total. The lowest BCUT2D eigenvalue weighted by atomic mass is 9.89. The van der Waals surface area contributed by atoms with Crippen LogP contribution in [-0.2, 0) is 9.47 Å². The molecule has 0 heterocycles. The molecule has 0 saturated heterocycles. The number of hydrogen-bond donors (Lipinski definition) is 4. The van der Waals surface area contributed by atoms with Crippen molar-refractivity contribution in [2.45, 2.75) is 143 Å². The van der Waals surface area contributed by atoms with E-state index in [1.165, 1.54) is 0 Å². The van der Waals surface area contributed by atoms with Crippen molar-refractivity contribution in [3.8, 4) is 0 Å². The lowest BCUT2D eigenvalue weighted by Crippen LogP contribution is -2.50. The van der Waals surface area contributed by atoms with Gasteiger partial charge in [0.1, 0.15) is 11.2 Å². The fourth-order valence-corrected chi connectivity index (χ4v) is 4.13. The maximum absolute atomic E-state index is 12.3. The number of hydrogen-bond acceptors (Lipinski definition) is 6. The lowest BCUT2D eigenvalue weighted by molar-refractivity contribution is 0.0427. The first-order valence-electron chi connectivity index (χ1n) is 14.1. The van der Waals surface area contributed by atoms with Gasteiger partial charge in [0, 0.05) is 11.1 Å². The molecule has 214 valence electrons. The summed E-state index contributed by atoms with van der Waals surface area (Å²) in [6.07, 6.45) is 6.71. The third kappa shape index (κ3) is 15.5. The average molecular weight is 515 g/mol. The van der Waals surface area contributed by atoms with Crippen LogP contribution in [0.5, 0.6) is 0 Å². The molecule has 0 bridgehead atoms. The Morgan fingerprint density at radius 3 is 1.11 bits per heavy atom. The van der Waals surface area contributed by atoms with Gasteiger partial charge in [0.25, 0.3) is 0 Å². The monoisotopic (exact) mass is 514 g/mol. The number of alkyl carbamates (subject to hydrolysis) is 2. The van der Waals surface area contributed by atoms with E-state index in [0.717, 1.165) is 77.5 Å². The van der Waals surface area contributed by atoms with E-state index in [2.05, 4.69) is 49.0 Å². The molecule has 36 heavy (non-hydrogen) atoms. The highest BCUT2D eigenvalue weighted by molar-refractivity contribution is 5.69. The molecule has 0 fully saturated rings. The smallest absolute Gasteiger partial charge is 0.408 e. The Hall–Kier alpha value is -1.54. The van der Waals surface area contributed by atoms with Gasteiger partial charge in [-0.05, 0) is 119 Å². The van der Waals surface area contributed by atoms with Crippen LogP contribution in [0.4, 0.5) is 9.59 Å². The Morgan fingerprint density at radius 1 is 0.556 bits per heavy atom. The zero-order valence-electron chi connectivity index (χ0n) is 25.1. The van der Waals surface area contributed by atoms with Crippen LogP contribution in [0.3, 0.4) is 0 Å². The number of ether oxygens (including phenoxy) is 2. The highest BCUT2D eigenvalue weighted by atomic mass is 16.6. The van der Waals surface area contributed by atoms with Crippen LogP contribution < -0.4 is 21.3 Å². The zero-order valence-corrected chi connectivity index (χ0v) is 25.1. The minimum Gasteiger partial charge on any atom is -0.444 e. The van der Waals surface area contributed by atoms with Crippen molar-refractivity contribution in [2.24, 2.45) is 0 Å². The molecule has 0 aromatic carbocycles. The quantitative estimate of drug-likeness (QED) is 0.181. The molecule has 0 saturated carbocycles. The topological polar surface area (TPSA) is 101 Å². The normalized spacial score (nSPS) is 12.8. The number of carbonyl (C=O) groups is 2. The number of rotatable bonds is 17. The van der Waals surface area contributed by atoms with Crippen molar-refractivity contribution in [3.05, 3.63) is 0 Å².